The Morgan fingerprint density at radius 1 is 1.00 bits per heavy atom. The number of nitrogens with zero attached hydrogens (tertiary/aromatic N) is 4. The van der Waals surface area contributed by atoms with Crippen LogP contribution in [0.15, 0.2) is 71.2 Å². The number of hydrogen-bond acceptors (Lipinski definition) is 7. The molecule has 0 spiro atoms. The molecule has 0 bridgehead atoms. The maximum absolute atomic E-state index is 13.8. The molecule has 0 saturated carbocycles. The van der Waals surface area contributed by atoms with Crippen molar-refractivity contribution < 1.29 is 19.4 Å². The summed E-state index contributed by atoms with van der Waals surface area (Å²) in [5.41, 5.74) is 3.31. The Kier molecular flexibility index (Phi) is 8.41. The molecule has 1 N–H and O–H groups in total. The zero-order valence-corrected chi connectivity index (χ0v) is 25.1. The second-order valence-corrected chi connectivity index (χ2v) is 10.8. The summed E-state index contributed by atoms with van der Waals surface area (Å²) in [6.07, 6.45) is 7.64. The number of aromatic nitrogens is 1. The van der Waals surface area contributed by atoms with Crippen LogP contribution in [-0.4, -0.2) is 51.3 Å². The van der Waals surface area contributed by atoms with Gasteiger partial charge in [-0.1, -0.05) is 24.3 Å². The van der Waals surface area contributed by atoms with E-state index in [-0.39, 0.29) is 16.4 Å². The number of likely N-dealkylation sites (N-methyl/N-ethyl adjacent to an activating group) is 1. The molecule has 1 aromatic heterocycles. The second kappa shape index (κ2) is 12.2. The molecule has 1 fully saturated rings. The van der Waals surface area contributed by atoms with Crippen LogP contribution in [0, 0.1) is 0 Å². The van der Waals surface area contributed by atoms with Gasteiger partial charge in [0.15, 0.2) is 5.11 Å². The Morgan fingerprint density at radius 2 is 1.76 bits per heavy atom. The molecule has 0 unspecified atom stereocenters. The van der Waals surface area contributed by atoms with E-state index in [1.807, 2.05) is 56.3 Å². The number of benzene rings is 2. The lowest BCUT2D eigenvalue weighted by Crippen LogP contribution is -2.37. The predicted octanol–water partition coefficient (Wildman–Crippen LogP) is 3.37. The topological polar surface area (TPSA) is 95.3 Å². The number of allylic oxidation sites excluding steroid dienone is 2. The van der Waals surface area contributed by atoms with Crippen molar-refractivity contribution in [2.24, 2.45) is 0 Å². The summed E-state index contributed by atoms with van der Waals surface area (Å²) in [4.78, 5) is 43.8. The number of thiocarbonyl (C=S) groups is 1. The number of para-hydroxylation sites is 1. The molecule has 2 aromatic carbocycles. The molecular formula is C31H30N4O5S2. The number of fused-ring (bicyclic) bond motifs is 1. The Morgan fingerprint density at radius 3 is 2.43 bits per heavy atom. The summed E-state index contributed by atoms with van der Waals surface area (Å²) in [6.45, 7) is 6.90. The van der Waals surface area contributed by atoms with Crippen molar-refractivity contribution >= 4 is 69.8 Å². The monoisotopic (exact) mass is 602 g/mol. The standard InChI is InChI=1S/C31H30N4O5S2/c1-4-32-21(13-12-20-18-23(40-6-3)15-16-24(20)32)14-17-25-28(38)33(5-2)30(42-25)27-29(39)35(22-10-8-7-9-11-22)31(41)34(27)19-26(36)37/h7-18H,4-6,19H2,1-3H3,(H,36,37)/b21-14+,25-17-,30-27-. The second-order valence-electron chi connectivity index (χ2n) is 9.40. The van der Waals surface area contributed by atoms with Gasteiger partial charge in [0.2, 0.25) is 0 Å². The number of rotatable bonds is 8. The molecule has 1 amide bonds. The Bertz CT molecular complexity index is 1810. The predicted molar refractivity (Wildman–Crippen MR) is 170 cm³/mol. The third kappa shape index (κ3) is 5.28. The van der Waals surface area contributed by atoms with Crippen LogP contribution in [0.1, 0.15) is 26.3 Å². The molecule has 0 aliphatic carbocycles. The summed E-state index contributed by atoms with van der Waals surface area (Å²) in [5, 5.41) is 9.69. The number of anilines is 2. The van der Waals surface area contributed by atoms with Gasteiger partial charge in [0, 0.05) is 30.0 Å². The highest BCUT2D eigenvalue weighted by molar-refractivity contribution is 7.80. The number of carbonyl (C=O) groups is 2. The van der Waals surface area contributed by atoms with E-state index >= 15 is 0 Å². The van der Waals surface area contributed by atoms with Gasteiger partial charge >= 0.3 is 5.97 Å². The van der Waals surface area contributed by atoms with Gasteiger partial charge in [0.05, 0.1) is 16.8 Å². The fraction of sp³-hybridized carbons (Fsp3) is 0.226. The van der Waals surface area contributed by atoms with Crippen LogP contribution in [0.3, 0.4) is 0 Å². The Balaban J connectivity index is 1.63. The molecule has 5 rings (SSSR count). The third-order valence-corrected chi connectivity index (χ3v) is 8.44. The lowest BCUT2D eigenvalue weighted by Gasteiger charge is -2.29. The Hall–Kier alpha value is -4.48. The van der Waals surface area contributed by atoms with Gasteiger partial charge in [-0.3, -0.25) is 28.8 Å². The van der Waals surface area contributed by atoms with E-state index in [1.54, 1.807) is 30.3 Å². The molecule has 42 heavy (non-hydrogen) atoms. The summed E-state index contributed by atoms with van der Waals surface area (Å²) in [6, 6.07) is 14.8. The lowest BCUT2D eigenvalue weighted by molar-refractivity contribution is -0.136. The van der Waals surface area contributed by atoms with E-state index in [2.05, 4.69) is 11.8 Å². The van der Waals surface area contributed by atoms with Crippen LogP contribution in [0.2, 0.25) is 0 Å². The van der Waals surface area contributed by atoms with E-state index < -0.39 is 18.4 Å². The van der Waals surface area contributed by atoms with Crippen LogP contribution in [0.4, 0.5) is 11.4 Å². The first-order valence-corrected chi connectivity index (χ1v) is 14.8. The number of carboxylic acid groups (broad SMARTS) is 1. The molecule has 216 valence electrons. The van der Waals surface area contributed by atoms with Crippen LogP contribution in [0.5, 0.6) is 5.75 Å². The maximum Gasteiger partial charge on any atom is 0.323 e. The average molecular weight is 603 g/mol. The molecule has 2 aliphatic heterocycles. The summed E-state index contributed by atoms with van der Waals surface area (Å²) < 4.78 is 7.92. The minimum atomic E-state index is -1.14. The van der Waals surface area contributed by atoms with Gasteiger partial charge in [0.1, 0.15) is 22.7 Å². The summed E-state index contributed by atoms with van der Waals surface area (Å²) >= 11 is 6.72. The van der Waals surface area contributed by atoms with Crippen LogP contribution in [0.25, 0.3) is 17.8 Å². The number of aliphatic carboxylic acids is 1. The number of ether oxygens (including phenoxy) is 1. The van der Waals surface area contributed by atoms with E-state index in [0.29, 0.717) is 34.6 Å². The Labute approximate surface area is 252 Å². The van der Waals surface area contributed by atoms with Crippen molar-refractivity contribution in [2.45, 2.75) is 27.3 Å². The fourth-order valence-corrected chi connectivity index (χ4v) is 6.55. The van der Waals surface area contributed by atoms with Gasteiger partial charge in [-0.2, -0.15) is 0 Å². The highest BCUT2D eigenvalue weighted by Gasteiger charge is 2.41. The largest absolute Gasteiger partial charge is 0.494 e. The van der Waals surface area contributed by atoms with Gasteiger partial charge in [-0.05, 0) is 81.5 Å². The molecule has 2 aliphatic rings. The van der Waals surface area contributed by atoms with Crippen molar-refractivity contribution in [2.75, 3.05) is 29.5 Å². The SMILES string of the molecule is CCOc1ccc2c(c1)C=C/C(=C\C=c1/s/c(=C3/C(=O)N(c4ccccc4)C(=S)N3CC(=O)O)n(CC)c1=O)N2CC. The average Bonchev–Trinajstić information content (AvgIpc) is 3.42. The number of thiazole rings is 1. The highest BCUT2D eigenvalue weighted by Crippen LogP contribution is 2.33. The zero-order valence-electron chi connectivity index (χ0n) is 23.4. The van der Waals surface area contributed by atoms with Crippen molar-refractivity contribution in [1.82, 2.24) is 9.47 Å². The van der Waals surface area contributed by atoms with Crippen molar-refractivity contribution in [3.05, 3.63) is 91.5 Å². The first kappa shape index (κ1) is 29.0. The normalized spacial score (nSPS) is 17.5. The van der Waals surface area contributed by atoms with Crippen LogP contribution in [-0.2, 0) is 16.1 Å². The minimum Gasteiger partial charge on any atom is -0.494 e. The lowest BCUT2D eigenvalue weighted by atomic mass is 10.1. The number of hydrogen-bond donors (Lipinski definition) is 1. The molecule has 1 saturated heterocycles. The molecule has 3 heterocycles. The van der Waals surface area contributed by atoms with E-state index in [1.165, 1.54) is 14.4 Å². The zero-order chi connectivity index (χ0) is 30.0. The van der Waals surface area contributed by atoms with Crippen LogP contribution < -0.4 is 29.3 Å². The van der Waals surface area contributed by atoms with Crippen LogP contribution >= 0.6 is 23.6 Å². The first-order chi connectivity index (χ1) is 20.3. The first-order valence-electron chi connectivity index (χ1n) is 13.6. The molecule has 0 radical (unpaired) electrons. The molecule has 11 heteroatoms. The molecule has 0 atom stereocenters. The van der Waals surface area contributed by atoms with Gasteiger partial charge in [-0.25, -0.2) is 0 Å². The minimum absolute atomic E-state index is 0.0526. The fourth-order valence-electron chi connectivity index (χ4n) is 5.05. The molecule has 3 aromatic rings. The summed E-state index contributed by atoms with van der Waals surface area (Å²) in [5.74, 6) is -0.812. The van der Waals surface area contributed by atoms with Crippen molar-refractivity contribution in [3.8, 4) is 5.75 Å². The quantitative estimate of drug-likeness (QED) is 0.393. The van der Waals surface area contributed by atoms with Gasteiger partial charge < -0.3 is 14.7 Å². The van der Waals surface area contributed by atoms with Gasteiger partial charge in [-0.15, -0.1) is 11.3 Å². The van der Waals surface area contributed by atoms with Gasteiger partial charge in [0.25, 0.3) is 11.5 Å². The number of amides is 1. The number of carbonyl (C=O) groups excluding carboxylic acids is 1. The number of carboxylic acids is 1. The maximum atomic E-state index is 13.8. The molecular weight excluding hydrogens is 572 g/mol. The van der Waals surface area contributed by atoms with E-state index in [0.717, 1.165) is 34.0 Å². The van der Waals surface area contributed by atoms with Crippen molar-refractivity contribution in [3.63, 3.8) is 0 Å². The third-order valence-electron chi connectivity index (χ3n) is 6.90. The van der Waals surface area contributed by atoms with E-state index in [4.69, 9.17) is 17.0 Å². The summed E-state index contributed by atoms with van der Waals surface area (Å²) in [7, 11) is 0. The molecule has 9 nitrogen and oxygen atoms in total. The van der Waals surface area contributed by atoms with Crippen molar-refractivity contribution in [1.29, 1.82) is 0 Å². The highest BCUT2D eigenvalue weighted by atomic mass is 32.1. The smallest absolute Gasteiger partial charge is 0.323 e. The van der Waals surface area contributed by atoms with E-state index in [9.17, 15) is 19.5 Å².